The summed E-state index contributed by atoms with van der Waals surface area (Å²) in [5, 5.41) is 0. The third-order valence-electron chi connectivity index (χ3n) is 3.61. The minimum absolute atomic E-state index is 0.309. The average molecular weight is 333 g/mol. The minimum atomic E-state index is -4.47. The van der Waals surface area contributed by atoms with Crippen molar-refractivity contribution in [2.45, 2.75) is 43.4 Å². The second kappa shape index (κ2) is 6.36. The lowest BCUT2D eigenvalue weighted by molar-refractivity contribution is -0.164. The Morgan fingerprint density at radius 3 is 2.36 bits per heavy atom. The van der Waals surface area contributed by atoms with Gasteiger partial charge >= 0.3 is 6.18 Å². The molecule has 1 amide bonds. The van der Waals surface area contributed by atoms with E-state index in [1.54, 1.807) is 20.0 Å². The van der Waals surface area contributed by atoms with Crippen LogP contribution in [-0.4, -0.2) is 47.1 Å². The van der Waals surface area contributed by atoms with E-state index in [4.69, 9.17) is 0 Å². The van der Waals surface area contributed by atoms with Gasteiger partial charge in [0.15, 0.2) is 0 Å². The maximum absolute atomic E-state index is 12.4. The summed E-state index contributed by atoms with van der Waals surface area (Å²) in [4.78, 5) is 20.2. The number of pyridine rings is 1. The van der Waals surface area contributed by atoms with Gasteiger partial charge in [0.1, 0.15) is 12.2 Å². The van der Waals surface area contributed by atoms with Crippen LogP contribution in [0.25, 0.3) is 0 Å². The van der Waals surface area contributed by atoms with Crippen LogP contribution in [0.5, 0.6) is 0 Å². The van der Waals surface area contributed by atoms with E-state index in [2.05, 4.69) is 17.6 Å². The zero-order valence-electron chi connectivity index (χ0n) is 12.3. The summed E-state index contributed by atoms with van der Waals surface area (Å²) >= 11 is 4.17. The van der Waals surface area contributed by atoms with Crippen molar-refractivity contribution in [1.82, 2.24) is 9.88 Å². The van der Waals surface area contributed by atoms with Gasteiger partial charge in [-0.15, -0.1) is 12.6 Å². The number of piperazine rings is 1. The predicted octanol–water partition coefficient (Wildman–Crippen LogP) is 2.75. The number of hydrogen-bond donors (Lipinski definition) is 1. The molecule has 0 N–H and O–H groups in total. The maximum atomic E-state index is 12.4. The van der Waals surface area contributed by atoms with E-state index in [-0.39, 0.29) is 12.1 Å². The highest BCUT2D eigenvalue weighted by Crippen LogP contribution is 2.26. The van der Waals surface area contributed by atoms with Gasteiger partial charge in [-0.05, 0) is 26.0 Å². The monoisotopic (exact) mass is 333 g/mol. The molecule has 0 spiro atoms. The first-order valence-electron chi connectivity index (χ1n) is 6.95. The van der Waals surface area contributed by atoms with Gasteiger partial charge in [0, 0.05) is 36.3 Å². The Hall–Kier alpha value is -1.44. The van der Waals surface area contributed by atoms with Crippen molar-refractivity contribution in [3.63, 3.8) is 0 Å². The van der Waals surface area contributed by atoms with Crippen LogP contribution in [0.3, 0.4) is 0 Å². The number of anilines is 1. The molecule has 8 heteroatoms. The lowest BCUT2D eigenvalue weighted by Gasteiger charge is -2.45. The molecule has 0 radical (unpaired) electrons. The molecule has 0 saturated carbocycles. The fourth-order valence-corrected chi connectivity index (χ4v) is 2.96. The number of hydrogen-bond acceptors (Lipinski definition) is 4. The molecular weight excluding hydrogens is 315 g/mol. The van der Waals surface area contributed by atoms with E-state index < -0.39 is 18.5 Å². The molecule has 1 aromatic rings. The SMILES string of the molecule is CC1CN(c2ccc(S)cn2)CC(C)N1C(=O)CC(F)(F)F. The maximum Gasteiger partial charge on any atom is 0.397 e. The first-order valence-corrected chi connectivity index (χ1v) is 7.40. The highest BCUT2D eigenvalue weighted by Gasteiger charge is 2.39. The third kappa shape index (κ3) is 4.06. The van der Waals surface area contributed by atoms with Crippen LogP contribution in [0.15, 0.2) is 23.2 Å². The Labute approximate surface area is 132 Å². The Kier molecular flexibility index (Phi) is 4.89. The summed E-state index contributed by atoms with van der Waals surface area (Å²) in [5.41, 5.74) is 0. The number of aromatic nitrogens is 1. The van der Waals surface area contributed by atoms with E-state index in [1.165, 1.54) is 4.90 Å². The Balaban J connectivity index is 2.08. The van der Waals surface area contributed by atoms with Crippen molar-refractivity contribution in [1.29, 1.82) is 0 Å². The van der Waals surface area contributed by atoms with Gasteiger partial charge in [-0.1, -0.05) is 0 Å². The highest BCUT2D eigenvalue weighted by atomic mass is 32.1. The number of carbonyl (C=O) groups excluding carboxylic acids is 1. The second-order valence-electron chi connectivity index (χ2n) is 5.57. The molecule has 1 saturated heterocycles. The summed E-state index contributed by atoms with van der Waals surface area (Å²) in [6.07, 6.45) is -4.26. The van der Waals surface area contributed by atoms with Crippen LogP contribution in [0.4, 0.5) is 19.0 Å². The molecule has 2 rings (SSSR count). The number of carbonyl (C=O) groups is 1. The normalized spacial score (nSPS) is 22.8. The van der Waals surface area contributed by atoms with Crippen molar-refractivity contribution >= 4 is 24.4 Å². The van der Waals surface area contributed by atoms with Crippen LogP contribution in [-0.2, 0) is 4.79 Å². The summed E-state index contributed by atoms with van der Waals surface area (Å²) in [7, 11) is 0. The number of halogens is 3. The van der Waals surface area contributed by atoms with Crippen LogP contribution in [0.2, 0.25) is 0 Å². The van der Waals surface area contributed by atoms with E-state index >= 15 is 0 Å². The topological polar surface area (TPSA) is 36.4 Å². The van der Waals surface area contributed by atoms with E-state index in [9.17, 15) is 18.0 Å². The standard InChI is InChI=1S/C14H18F3N3OS/c1-9-7-19(12-4-3-11(22)6-18-12)8-10(2)20(9)13(21)5-14(15,16)17/h3-4,6,9-10,22H,5,7-8H2,1-2H3. The highest BCUT2D eigenvalue weighted by molar-refractivity contribution is 7.80. The molecule has 122 valence electrons. The van der Waals surface area contributed by atoms with Gasteiger partial charge in [-0.2, -0.15) is 13.2 Å². The first kappa shape index (κ1) is 16.9. The Morgan fingerprint density at radius 1 is 1.32 bits per heavy atom. The summed E-state index contributed by atoms with van der Waals surface area (Å²) in [6.45, 7) is 4.41. The van der Waals surface area contributed by atoms with Crippen molar-refractivity contribution in [3.8, 4) is 0 Å². The second-order valence-corrected chi connectivity index (χ2v) is 6.09. The van der Waals surface area contributed by atoms with Crippen molar-refractivity contribution in [2.24, 2.45) is 0 Å². The molecule has 22 heavy (non-hydrogen) atoms. The van der Waals surface area contributed by atoms with Crippen molar-refractivity contribution in [3.05, 3.63) is 18.3 Å². The number of nitrogens with zero attached hydrogens (tertiary/aromatic N) is 3. The fraction of sp³-hybridized carbons (Fsp3) is 0.571. The molecule has 1 aromatic heterocycles. The van der Waals surface area contributed by atoms with Gasteiger partial charge in [-0.3, -0.25) is 4.79 Å². The predicted molar refractivity (Wildman–Crippen MR) is 80.1 cm³/mol. The third-order valence-corrected chi connectivity index (χ3v) is 3.88. The average Bonchev–Trinajstić information content (AvgIpc) is 2.36. The molecule has 2 unspecified atom stereocenters. The van der Waals surface area contributed by atoms with Gasteiger partial charge < -0.3 is 9.80 Å². The zero-order valence-corrected chi connectivity index (χ0v) is 13.2. The molecular formula is C14H18F3N3OS. The van der Waals surface area contributed by atoms with Crippen LogP contribution in [0.1, 0.15) is 20.3 Å². The van der Waals surface area contributed by atoms with E-state index in [1.807, 2.05) is 17.0 Å². The first-order chi connectivity index (χ1) is 10.2. The van der Waals surface area contributed by atoms with Crippen molar-refractivity contribution in [2.75, 3.05) is 18.0 Å². The molecule has 1 aliphatic heterocycles. The minimum Gasteiger partial charge on any atom is -0.353 e. The molecule has 1 fully saturated rings. The smallest absolute Gasteiger partial charge is 0.353 e. The summed E-state index contributed by atoms with van der Waals surface area (Å²) in [6, 6.07) is 3.00. The number of amides is 1. The van der Waals surface area contributed by atoms with Crippen LogP contribution in [0, 0.1) is 0 Å². The summed E-state index contributed by atoms with van der Waals surface area (Å²) < 4.78 is 37.3. The summed E-state index contributed by atoms with van der Waals surface area (Å²) in [5.74, 6) is -0.134. The van der Waals surface area contributed by atoms with Crippen LogP contribution < -0.4 is 4.90 Å². The van der Waals surface area contributed by atoms with Gasteiger partial charge in [0.2, 0.25) is 5.91 Å². The Morgan fingerprint density at radius 2 is 1.91 bits per heavy atom. The van der Waals surface area contributed by atoms with Crippen LogP contribution >= 0.6 is 12.6 Å². The van der Waals surface area contributed by atoms with Gasteiger partial charge in [0.05, 0.1) is 0 Å². The largest absolute Gasteiger partial charge is 0.397 e. The van der Waals surface area contributed by atoms with Gasteiger partial charge in [-0.25, -0.2) is 4.98 Å². The van der Waals surface area contributed by atoms with Crippen molar-refractivity contribution < 1.29 is 18.0 Å². The molecule has 4 nitrogen and oxygen atoms in total. The van der Waals surface area contributed by atoms with E-state index in [0.29, 0.717) is 13.1 Å². The molecule has 2 atom stereocenters. The molecule has 0 bridgehead atoms. The molecule has 0 aromatic carbocycles. The lowest BCUT2D eigenvalue weighted by atomic mass is 10.1. The molecule has 1 aliphatic rings. The molecule has 2 heterocycles. The number of thiol groups is 1. The number of rotatable bonds is 2. The lowest BCUT2D eigenvalue weighted by Crippen LogP contribution is -2.59. The quantitative estimate of drug-likeness (QED) is 0.846. The van der Waals surface area contributed by atoms with E-state index in [0.717, 1.165) is 10.7 Å². The fourth-order valence-electron chi connectivity index (χ4n) is 2.83. The Bertz CT molecular complexity index is 523. The molecule has 0 aliphatic carbocycles. The van der Waals surface area contributed by atoms with Gasteiger partial charge in [0.25, 0.3) is 0 Å². The number of alkyl halides is 3. The zero-order chi connectivity index (χ0) is 16.5.